The Labute approximate surface area is 108 Å². The number of carbonyl (C=O) groups is 2. The first-order chi connectivity index (χ1) is 8.55. The molecule has 3 nitrogen and oxygen atoms in total. The summed E-state index contributed by atoms with van der Waals surface area (Å²) in [5.41, 5.74) is -3.20. The Morgan fingerprint density at radius 3 is 2.11 bits per heavy atom. The number of halogens is 3. The summed E-state index contributed by atoms with van der Waals surface area (Å²) in [6.45, 7) is 3.60. The van der Waals surface area contributed by atoms with Gasteiger partial charge in [-0.1, -0.05) is 18.2 Å². The molecule has 0 saturated heterocycles. The monoisotopic (exact) mass is 274 g/mol. The van der Waals surface area contributed by atoms with E-state index in [2.05, 4.69) is 0 Å². The Hall–Kier alpha value is -1.85. The quantitative estimate of drug-likeness (QED) is 0.627. The summed E-state index contributed by atoms with van der Waals surface area (Å²) in [4.78, 5) is 23.0. The van der Waals surface area contributed by atoms with E-state index in [0.29, 0.717) is 0 Å². The number of esters is 1. The maximum atomic E-state index is 12.8. The van der Waals surface area contributed by atoms with Gasteiger partial charge in [-0.05, 0) is 19.9 Å². The van der Waals surface area contributed by atoms with Gasteiger partial charge in [0.05, 0.1) is 5.56 Å². The van der Waals surface area contributed by atoms with Gasteiger partial charge >= 0.3 is 12.1 Å². The van der Waals surface area contributed by atoms with Crippen molar-refractivity contribution in [1.82, 2.24) is 0 Å². The third kappa shape index (κ3) is 3.56. The zero-order valence-electron chi connectivity index (χ0n) is 10.7. The number of carbonyl (C=O) groups excluding carboxylic acids is 2. The van der Waals surface area contributed by atoms with Crippen molar-refractivity contribution in [3.05, 3.63) is 35.4 Å². The van der Waals surface area contributed by atoms with Gasteiger partial charge in [0.2, 0.25) is 5.78 Å². The van der Waals surface area contributed by atoms with Gasteiger partial charge in [0.1, 0.15) is 0 Å². The number of benzene rings is 1. The molecule has 0 saturated carbocycles. The van der Waals surface area contributed by atoms with E-state index in [9.17, 15) is 22.8 Å². The maximum absolute atomic E-state index is 12.8. The standard InChI is InChI=1S/C13H13F3O3/c1-8(17)19-12(2,3)11(18)9-6-4-5-7-10(9)13(14,15)16/h4-7H,1-3H3. The van der Waals surface area contributed by atoms with Crippen molar-refractivity contribution in [2.45, 2.75) is 32.5 Å². The second-order valence-corrected chi connectivity index (χ2v) is 4.48. The fraction of sp³-hybridized carbons (Fsp3) is 0.385. The van der Waals surface area contributed by atoms with Crippen molar-refractivity contribution >= 4 is 11.8 Å². The van der Waals surface area contributed by atoms with Crippen LogP contribution < -0.4 is 0 Å². The molecule has 0 aliphatic heterocycles. The van der Waals surface area contributed by atoms with E-state index in [1.54, 1.807) is 0 Å². The molecule has 0 aromatic heterocycles. The average Bonchev–Trinajstić information content (AvgIpc) is 2.25. The molecule has 1 aromatic rings. The highest BCUT2D eigenvalue weighted by molar-refractivity contribution is 6.04. The fourth-order valence-corrected chi connectivity index (χ4v) is 1.66. The van der Waals surface area contributed by atoms with Gasteiger partial charge in [0.15, 0.2) is 5.60 Å². The topological polar surface area (TPSA) is 43.4 Å². The molecule has 0 fully saturated rings. The summed E-state index contributed by atoms with van der Waals surface area (Å²) in [5.74, 6) is -1.63. The van der Waals surface area contributed by atoms with E-state index < -0.39 is 34.7 Å². The highest BCUT2D eigenvalue weighted by Gasteiger charge is 2.40. The molecule has 104 valence electrons. The van der Waals surface area contributed by atoms with Crippen LogP contribution in [0.5, 0.6) is 0 Å². The van der Waals surface area contributed by atoms with Crippen LogP contribution in [0.15, 0.2) is 24.3 Å². The summed E-state index contributed by atoms with van der Waals surface area (Å²) < 4.78 is 43.2. The van der Waals surface area contributed by atoms with Crippen LogP contribution in [0.4, 0.5) is 13.2 Å². The van der Waals surface area contributed by atoms with Crippen LogP contribution in [-0.2, 0) is 15.7 Å². The molecule has 0 heterocycles. The average molecular weight is 274 g/mol. The van der Waals surface area contributed by atoms with Crippen molar-refractivity contribution in [3.8, 4) is 0 Å². The molecule has 6 heteroatoms. The van der Waals surface area contributed by atoms with Crippen LogP contribution in [0.25, 0.3) is 0 Å². The van der Waals surface area contributed by atoms with Crippen molar-refractivity contribution < 1.29 is 27.5 Å². The van der Waals surface area contributed by atoms with E-state index in [4.69, 9.17) is 4.74 Å². The summed E-state index contributed by atoms with van der Waals surface area (Å²) in [6.07, 6.45) is -4.64. The molecule has 0 atom stereocenters. The number of hydrogen-bond acceptors (Lipinski definition) is 3. The highest BCUT2D eigenvalue weighted by atomic mass is 19.4. The van der Waals surface area contributed by atoms with Gasteiger partial charge in [-0.15, -0.1) is 0 Å². The molecule has 19 heavy (non-hydrogen) atoms. The lowest BCUT2D eigenvalue weighted by Gasteiger charge is -2.24. The molecular formula is C13H13F3O3. The predicted octanol–water partition coefficient (Wildman–Crippen LogP) is 3.23. The van der Waals surface area contributed by atoms with Crippen molar-refractivity contribution in [3.63, 3.8) is 0 Å². The molecule has 0 radical (unpaired) electrons. The minimum atomic E-state index is -4.64. The van der Waals surface area contributed by atoms with Crippen molar-refractivity contribution in [2.75, 3.05) is 0 Å². The SMILES string of the molecule is CC(=O)OC(C)(C)C(=O)c1ccccc1C(F)(F)F. The number of ketones is 1. The van der Waals surface area contributed by atoms with Crippen LogP contribution in [-0.4, -0.2) is 17.4 Å². The van der Waals surface area contributed by atoms with E-state index in [1.165, 1.54) is 26.0 Å². The van der Waals surface area contributed by atoms with E-state index in [1.807, 2.05) is 0 Å². The molecule has 0 unspecified atom stereocenters. The lowest BCUT2D eigenvalue weighted by molar-refractivity contribution is -0.149. The van der Waals surface area contributed by atoms with Gasteiger partial charge in [0, 0.05) is 12.5 Å². The smallest absolute Gasteiger partial charge is 0.417 e. The van der Waals surface area contributed by atoms with Crippen LogP contribution in [0.1, 0.15) is 36.7 Å². The first-order valence-corrected chi connectivity index (χ1v) is 5.46. The maximum Gasteiger partial charge on any atom is 0.417 e. The highest BCUT2D eigenvalue weighted by Crippen LogP contribution is 2.33. The van der Waals surface area contributed by atoms with Crippen LogP contribution in [0.2, 0.25) is 0 Å². The lowest BCUT2D eigenvalue weighted by atomic mass is 9.92. The van der Waals surface area contributed by atoms with Crippen molar-refractivity contribution in [1.29, 1.82) is 0 Å². The number of rotatable bonds is 3. The Kier molecular flexibility index (Phi) is 4.03. The largest absolute Gasteiger partial charge is 0.451 e. The molecule has 1 rings (SSSR count). The Balaban J connectivity index is 3.24. The van der Waals surface area contributed by atoms with E-state index >= 15 is 0 Å². The lowest BCUT2D eigenvalue weighted by Crippen LogP contribution is -2.37. The minimum absolute atomic E-state index is 0.513. The molecule has 1 aromatic carbocycles. The Bertz CT molecular complexity index is 504. The van der Waals surface area contributed by atoms with E-state index in [0.717, 1.165) is 19.1 Å². The molecule has 0 N–H and O–H groups in total. The summed E-state index contributed by atoms with van der Waals surface area (Å²) in [5, 5.41) is 0. The number of alkyl halides is 3. The zero-order valence-corrected chi connectivity index (χ0v) is 10.7. The second-order valence-electron chi connectivity index (χ2n) is 4.48. The number of Topliss-reactive ketones (excluding diaryl/α,β-unsaturated/α-hetero) is 1. The van der Waals surface area contributed by atoms with Gasteiger partial charge in [-0.2, -0.15) is 13.2 Å². The van der Waals surface area contributed by atoms with Gasteiger partial charge in [0.25, 0.3) is 0 Å². The van der Waals surface area contributed by atoms with Gasteiger partial charge in [-0.3, -0.25) is 9.59 Å². The summed E-state index contributed by atoms with van der Waals surface area (Å²) in [6, 6.07) is 4.40. The predicted molar refractivity (Wildman–Crippen MR) is 61.6 cm³/mol. The fourth-order valence-electron chi connectivity index (χ4n) is 1.66. The molecular weight excluding hydrogens is 261 g/mol. The van der Waals surface area contributed by atoms with Crippen LogP contribution in [0, 0.1) is 0 Å². The van der Waals surface area contributed by atoms with Gasteiger partial charge < -0.3 is 4.74 Å². The third-order valence-electron chi connectivity index (χ3n) is 2.42. The Morgan fingerprint density at radius 2 is 1.63 bits per heavy atom. The molecule has 0 bridgehead atoms. The summed E-state index contributed by atoms with van der Waals surface area (Å²) >= 11 is 0. The molecule has 0 aliphatic carbocycles. The summed E-state index contributed by atoms with van der Waals surface area (Å²) in [7, 11) is 0. The third-order valence-corrected chi connectivity index (χ3v) is 2.42. The molecule has 0 aliphatic rings. The molecule has 0 spiro atoms. The Morgan fingerprint density at radius 1 is 1.11 bits per heavy atom. The van der Waals surface area contributed by atoms with Crippen molar-refractivity contribution in [2.24, 2.45) is 0 Å². The first-order valence-electron chi connectivity index (χ1n) is 5.46. The number of hydrogen-bond donors (Lipinski definition) is 0. The zero-order chi connectivity index (χ0) is 14.8. The van der Waals surface area contributed by atoms with Crippen LogP contribution >= 0.6 is 0 Å². The molecule has 0 amide bonds. The second kappa shape index (κ2) is 5.03. The first kappa shape index (κ1) is 15.2. The van der Waals surface area contributed by atoms with Crippen LogP contribution in [0.3, 0.4) is 0 Å². The van der Waals surface area contributed by atoms with E-state index in [-0.39, 0.29) is 0 Å². The van der Waals surface area contributed by atoms with Gasteiger partial charge in [-0.25, -0.2) is 0 Å². The normalized spacial score (nSPS) is 12.1. The minimum Gasteiger partial charge on any atom is -0.451 e. The number of ether oxygens (including phenoxy) is 1.